The molecule has 4 nitrogen and oxygen atoms in total. The van der Waals surface area contributed by atoms with Gasteiger partial charge in [-0.25, -0.2) is 4.98 Å². The summed E-state index contributed by atoms with van der Waals surface area (Å²) >= 11 is 1.78. The van der Waals surface area contributed by atoms with Gasteiger partial charge in [0.2, 0.25) is 0 Å². The van der Waals surface area contributed by atoms with Gasteiger partial charge in [0, 0.05) is 37.0 Å². The number of fused-ring (bicyclic) bond motifs is 2. The fourth-order valence-corrected chi connectivity index (χ4v) is 5.53. The van der Waals surface area contributed by atoms with Crippen LogP contribution in [0.15, 0.2) is 48.8 Å². The zero-order valence-corrected chi connectivity index (χ0v) is 17.2. The van der Waals surface area contributed by atoms with Gasteiger partial charge >= 0.3 is 0 Å². The van der Waals surface area contributed by atoms with Crippen LogP contribution in [0.4, 0.5) is 0 Å². The minimum Gasteiger partial charge on any atom is -0.339 e. The van der Waals surface area contributed by atoms with Gasteiger partial charge in [-0.3, -0.25) is 9.78 Å². The molecule has 1 atom stereocenters. The molecule has 0 N–H and O–H groups in total. The lowest BCUT2D eigenvalue weighted by molar-refractivity contribution is 0.0683. The summed E-state index contributed by atoms with van der Waals surface area (Å²) in [5.41, 5.74) is 4.59. The Bertz CT molecular complexity index is 1060. The standard InChI is InChI=1S/C24H23N3OS/c1-16-26-23-21(29-16)7-6-17-4-2-3-5-20(17)22(23)18-10-14-27(15-11-18)24(28)19-8-12-25-13-9-19/h2-9,12-13,18,22H,10-11,14-15H2,1H3. The molecule has 0 saturated carbocycles. The van der Waals surface area contributed by atoms with Gasteiger partial charge in [0.1, 0.15) is 0 Å². The minimum absolute atomic E-state index is 0.110. The normalized spacial score (nSPS) is 18.8. The highest BCUT2D eigenvalue weighted by atomic mass is 32.1. The van der Waals surface area contributed by atoms with Gasteiger partial charge in [0.25, 0.3) is 5.91 Å². The number of amides is 1. The molecule has 0 bridgehead atoms. The maximum Gasteiger partial charge on any atom is 0.253 e. The Morgan fingerprint density at radius 2 is 1.83 bits per heavy atom. The van der Waals surface area contributed by atoms with Crippen molar-refractivity contribution < 1.29 is 4.79 Å². The second-order valence-corrected chi connectivity index (χ2v) is 9.02. The van der Waals surface area contributed by atoms with Gasteiger partial charge in [-0.2, -0.15) is 0 Å². The van der Waals surface area contributed by atoms with E-state index in [1.807, 2.05) is 4.90 Å². The first-order chi connectivity index (χ1) is 14.2. The van der Waals surface area contributed by atoms with Crippen LogP contribution in [0.3, 0.4) is 0 Å². The lowest BCUT2D eigenvalue weighted by Gasteiger charge is -2.36. The van der Waals surface area contributed by atoms with E-state index in [2.05, 4.69) is 48.3 Å². The molecule has 5 rings (SSSR count). The Balaban J connectivity index is 1.42. The maximum atomic E-state index is 12.8. The molecule has 1 amide bonds. The molecule has 146 valence electrons. The number of piperidine rings is 1. The molecule has 3 aromatic rings. The Morgan fingerprint density at radius 1 is 1.07 bits per heavy atom. The van der Waals surface area contributed by atoms with Gasteiger partial charge in [-0.1, -0.05) is 30.3 Å². The van der Waals surface area contributed by atoms with E-state index in [-0.39, 0.29) is 5.91 Å². The topological polar surface area (TPSA) is 46.1 Å². The molecule has 2 aromatic heterocycles. The summed E-state index contributed by atoms with van der Waals surface area (Å²) < 4.78 is 0. The molecule has 0 radical (unpaired) electrons. The summed E-state index contributed by atoms with van der Waals surface area (Å²) in [6.07, 6.45) is 9.80. The zero-order chi connectivity index (χ0) is 19.8. The van der Waals surface area contributed by atoms with Crippen molar-refractivity contribution in [3.8, 4) is 0 Å². The zero-order valence-electron chi connectivity index (χ0n) is 16.4. The predicted octanol–water partition coefficient (Wildman–Crippen LogP) is 5.01. The van der Waals surface area contributed by atoms with Crippen molar-refractivity contribution in [3.05, 3.63) is 81.1 Å². The number of aromatic nitrogens is 2. The molecule has 5 heteroatoms. The molecular weight excluding hydrogens is 378 g/mol. The van der Waals surface area contributed by atoms with E-state index in [1.54, 1.807) is 35.9 Å². The van der Waals surface area contributed by atoms with Crippen LogP contribution in [0, 0.1) is 12.8 Å². The Kier molecular flexibility index (Phi) is 4.76. The van der Waals surface area contributed by atoms with E-state index in [1.165, 1.54) is 21.7 Å². The Hall–Kier alpha value is -2.79. The molecule has 29 heavy (non-hydrogen) atoms. The number of carbonyl (C=O) groups is 1. The summed E-state index contributed by atoms with van der Waals surface area (Å²) in [5, 5.41) is 1.12. The van der Waals surface area contributed by atoms with E-state index in [4.69, 9.17) is 4.98 Å². The van der Waals surface area contributed by atoms with Crippen LogP contribution in [0.1, 0.15) is 55.8 Å². The van der Waals surface area contributed by atoms with Crippen molar-refractivity contribution in [2.75, 3.05) is 13.1 Å². The smallest absolute Gasteiger partial charge is 0.253 e. The number of nitrogens with zero attached hydrogens (tertiary/aromatic N) is 3. The van der Waals surface area contributed by atoms with Gasteiger partial charge in [-0.05, 0) is 55.0 Å². The van der Waals surface area contributed by atoms with Crippen LogP contribution < -0.4 is 0 Å². The summed E-state index contributed by atoms with van der Waals surface area (Å²) in [5.74, 6) is 0.885. The van der Waals surface area contributed by atoms with E-state index in [9.17, 15) is 4.79 Å². The Morgan fingerprint density at radius 3 is 2.62 bits per heavy atom. The third-order valence-corrected chi connectivity index (χ3v) is 7.01. The van der Waals surface area contributed by atoms with Crippen LogP contribution in [-0.4, -0.2) is 33.9 Å². The van der Waals surface area contributed by atoms with Crippen LogP contribution in [0.2, 0.25) is 0 Å². The number of benzene rings is 1. The fraction of sp³-hybridized carbons (Fsp3) is 0.292. The largest absolute Gasteiger partial charge is 0.339 e. The number of aryl methyl sites for hydroxylation is 1. The molecule has 1 unspecified atom stereocenters. The van der Waals surface area contributed by atoms with Crippen molar-refractivity contribution >= 4 is 29.4 Å². The molecule has 2 aliphatic rings. The number of carbonyl (C=O) groups excluding carboxylic acids is 1. The summed E-state index contributed by atoms with van der Waals surface area (Å²) in [4.78, 5) is 25.0. The molecule has 3 heterocycles. The van der Waals surface area contributed by atoms with E-state index in [0.717, 1.165) is 36.5 Å². The average molecular weight is 402 g/mol. The molecular formula is C24H23N3OS. The van der Waals surface area contributed by atoms with Gasteiger partial charge in [0.05, 0.1) is 15.6 Å². The number of pyridine rings is 1. The van der Waals surface area contributed by atoms with Crippen molar-refractivity contribution in [1.82, 2.24) is 14.9 Å². The molecule has 1 saturated heterocycles. The van der Waals surface area contributed by atoms with Crippen LogP contribution in [-0.2, 0) is 0 Å². The summed E-state index contributed by atoms with van der Waals surface area (Å²) in [6.45, 7) is 3.67. The monoisotopic (exact) mass is 401 g/mol. The molecule has 1 aliphatic carbocycles. The fourth-order valence-electron chi connectivity index (χ4n) is 4.65. The third kappa shape index (κ3) is 3.40. The summed E-state index contributed by atoms with van der Waals surface area (Å²) in [7, 11) is 0. The second kappa shape index (κ2) is 7.56. The van der Waals surface area contributed by atoms with Crippen molar-refractivity contribution in [1.29, 1.82) is 0 Å². The Labute approximate surface area is 174 Å². The van der Waals surface area contributed by atoms with Crippen molar-refractivity contribution in [2.24, 2.45) is 5.92 Å². The lowest BCUT2D eigenvalue weighted by Crippen LogP contribution is -2.40. The highest BCUT2D eigenvalue weighted by molar-refractivity contribution is 7.12. The van der Waals surface area contributed by atoms with Crippen LogP contribution >= 0.6 is 11.3 Å². The van der Waals surface area contributed by atoms with E-state index in [0.29, 0.717) is 11.8 Å². The van der Waals surface area contributed by atoms with Gasteiger partial charge in [-0.15, -0.1) is 11.3 Å². The first-order valence-corrected chi connectivity index (χ1v) is 11.0. The highest BCUT2D eigenvalue weighted by Gasteiger charge is 2.34. The number of likely N-dealkylation sites (tertiary alicyclic amines) is 1. The van der Waals surface area contributed by atoms with Crippen molar-refractivity contribution in [3.63, 3.8) is 0 Å². The first-order valence-electron chi connectivity index (χ1n) is 10.1. The first kappa shape index (κ1) is 18.3. The second-order valence-electron chi connectivity index (χ2n) is 7.79. The molecule has 1 aromatic carbocycles. The van der Waals surface area contributed by atoms with Crippen LogP contribution in [0.5, 0.6) is 0 Å². The van der Waals surface area contributed by atoms with E-state index >= 15 is 0 Å². The molecule has 1 fully saturated rings. The highest BCUT2D eigenvalue weighted by Crippen LogP contribution is 2.44. The molecule has 0 spiro atoms. The van der Waals surface area contributed by atoms with Crippen LogP contribution in [0.25, 0.3) is 12.2 Å². The predicted molar refractivity (Wildman–Crippen MR) is 117 cm³/mol. The minimum atomic E-state index is 0.110. The maximum absolute atomic E-state index is 12.8. The quantitative estimate of drug-likeness (QED) is 0.606. The lowest BCUT2D eigenvalue weighted by atomic mass is 9.77. The number of rotatable bonds is 2. The molecule has 1 aliphatic heterocycles. The SMILES string of the molecule is Cc1nc2c(s1)C=Cc1ccccc1C2C1CCN(C(=O)c2ccncc2)CC1. The van der Waals surface area contributed by atoms with Gasteiger partial charge < -0.3 is 4.90 Å². The average Bonchev–Trinajstić information content (AvgIpc) is 3.06. The number of thiazole rings is 1. The van der Waals surface area contributed by atoms with Crippen molar-refractivity contribution in [2.45, 2.75) is 25.7 Å². The van der Waals surface area contributed by atoms with E-state index < -0.39 is 0 Å². The third-order valence-electron chi connectivity index (χ3n) is 6.05. The number of hydrogen-bond donors (Lipinski definition) is 0. The van der Waals surface area contributed by atoms with Gasteiger partial charge in [0.15, 0.2) is 0 Å². The summed E-state index contributed by atoms with van der Waals surface area (Å²) in [6, 6.07) is 12.3. The number of hydrogen-bond acceptors (Lipinski definition) is 4.